The molecule has 0 aromatic carbocycles. The van der Waals surface area contributed by atoms with E-state index in [1.807, 2.05) is 21.1 Å². The molecule has 0 spiro atoms. The van der Waals surface area contributed by atoms with Gasteiger partial charge in [0.25, 0.3) is 7.82 Å². The van der Waals surface area contributed by atoms with E-state index in [0.717, 1.165) is 38.5 Å². The van der Waals surface area contributed by atoms with Crippen LogP contribution in [-0.2, 0) is 27.9 Å². The lowest BCUT2D eigenvalue weighted by atomic mass is 10.0. The minimum absolute atomic E-state index is 0.0297. The van der Waals surface area contributed by atoms with Crippen LogP contribution in [0.25, 0.3) is 0 Å². The van der Waals surface area contributed by atoms with E-state index in [2.05, 4.69) is 13.8 Å². The monoisotopic (exact) mass is 621 g/mol. The van der Waals surface area contributed by atoms with Gasteiger partial charge in [0.2, 0.25) is 0 Å². The van der Waals surface area contributed by atoms with Crippen molar-refractivity contribution < 1.29 is 37.3 Å². The van der Waals surface area contributed by atoms with E-state index in [1.165, 1.54) is 89.9 Å². The number of esters is 1. The van der Waals surface area contributed by atoms with E-state index in [0.29, 0.717) is 24.1 Å². The van der Waals surface area contributed by atoms with Crippen molar-refractivity contribution in [1.82, 2.24) is 0 Å². The topological polar surface area (TPSA) is 94.1 Å². The van der Waals surface area contributed by atoms with E-state index in [4.69, 9.17) is 18.5 Å². The number of unbranched alkanes of at least 4 members (excludes halogenated alkanes) is 18. The Kier molecular flexibility index (Phi) is 27.7. The number of quaternary nitrogens is 1. The third-order valence-corrected chi connectivity index (χ3v) is 8.37. The zero-order valence-corrected chi connectivity index (χ0v) is 29.1. The normalized spacial score (nSPS) is 14.1. The maximum Gasteiger partial charge on any atom is 0.306 e. The van der Waals surface area contributed by atoms with Gasteiger partial charge < -0.3 is 27.9 Å². The standard InChI is InChI=1S/C33H68NO7P/c1-6-8-10-12-13-14-15-16-17-18-19-20-21-22-23-25-28-38-30-32(41-33(35)26-24-11-9-7-2)31-40-42(36,37)39-29-27-34(3,4)5/h32H,6-31H2,1-5H3. The van der Waals surface area contributed by atoms with Gasteiger partial charge in [-0.15, -0.1) is 0 Å². The van der Waals surface area contributed by atoms with Crippen molar-refractivity contribution in [3.63, 3.8) is 0 Å². The summed E-state index contributed by atoms with van der Waals surface area (Å²) in [5.41, 5.74) is 0. The third-order valence-electron chi connectivity index (χ3n) is 7.41. The van der Waals surface area contributed by atoms with Crippen LogP contribution < -0.4 is 4.89 Å². The molecule has 2 atom stereocenters. The fraction of sp³-hybridized carbons (Fsp3) is 0.970. The van der Waals surface area contributed by atoms with Gasteiger partial charge >= 0.3 is 5.97 Å². The lowest BCUT2D eigenvalue weighted by Gasteiger charge is -2.28. The highest BCUT2D eigenvalue weighted by Crippen LogP contribution is 2.38. The van der Waals surface area contributed by atoms with E-state index in [1.54, 1.807) is 0 Å². The molecule has 0 aliphatic carbocycles. The van der Waals surface area contributed by atoms with Gasteiger partial charge in [-0.1, -0.05) is 129 Å². The summed E-state index contributed by atoms with van der Waals surface area (Å²) in [6.07, 6.45) is 24.4. The molecule has 0 fully saturated rings. The third kappa shape index (κ3) is 30.9. The van der Waals surface area contributed by atoms with Gasteiger partial charge in [0, 0.05) is 13.0 Å². The first-order valence-electron chi connectivity index (χ1n) is 17.3. The zero-order chi connectivity index (χ0) is 31.4. The van der Waals surface area contributed by atoms with Crippen LogP contribution in [0.4, 0.5) is 0 Å². The zero-order valence-electron chi connectivity index (χ0n) is 28.2. The average molecular weight is 622 g/mol. The molecule has 0 amide bonds. The first-order chi connectivity index (χ1) is 20.1. The van der Waals surface area contributed by atoms with E-state index in [9.17, 15) is 14.3 Å². The Balaban J connectivity index is 4.06. The summed E-state index contributed by atoms with van der Waals surface area (Å²) in [6.45, 7) is 5.30. The second kappa shape index (κ2) is 28.0. The van der Waals surface area contributed by atoms with Crippen LogP contribution >= 0.6 is 7.82 Å². The fourth-order valence-corrected chi connectivity index (χ4v) is 5.39. The van der Waals surface area contributed by atoms with Gasteiger partial charge in [0.05, 0.1) is 34.4 Å². The second-order valence-electron chi connectivity index (χ2n) is 12.9. The number of carbonyl (C=O) groups is 1. The Morgan fingerprint density at radius 2 is 1.10 bits per heavy atom. The molecule has 8 nitrogen and oxygen atoms in total. The molecular weight excluding hydrogens is 553 g/mol. The maximum absolute atomic E-state index is 12.3. The Morgan fingerprint density at radius 3 is 1.57 bits per heavy atom. The van der Waals surface area contributed by atoms with Gasteiger partial charge in [-0.05, 0) is 12.8 Å². The predicted octanol–water partition coefficient (Wildman–Crippen LogP) is 8.35. The van der Waals surface area contributed by atoms with Crippen molar-refractivity contribution in [1.29, 1.82) is 0 Å². The first kappa shape index (κ1) is 41.5. The molecule has 0 N–H and O–H groups in total. The highest BCUT2D eigenvalue weighted by Gasteiger charge is 2.20. The lowest BCUT2D eigenvalue weighted by molar-refractivity contribution is -0.870. The van der Waals surface area contributed by atoms with Gasteiger partial charge in [0.1, 0.15) is 19.3 Å². The minimum atomic E-state index is -4.49. The molecule has 0 aromatic heterocycles. The summed E-state index contributed by atoms with van der Waals surface area (Å²) < 4.78 is 34.1. The molecule has 0 radical (unpaired) electrons. The van der Waals surface area contributed by atoms with Crippen LogP contribution in [0.3, 0.4) is 0 Å². The lowest BCUT2D eigenvalue weighted by Crippen LogP contribution is -2.37. The molecule has 42 heavy (non-hydrogen) atoms. The number of ether oxygens (including phenoxy) is 2. The summed E-state index contributed by atoms with van der Waals surface area (Å²) >= 11 is 0. The highest BCUT2D eigenvalue weighted by molar-refractivity contribution is 7.45. The molecule has 0 bridgehead atoms. The first-order valence-corrected chi connectivity index (χ1v) is 18.7. The molecule has 9 heteroatoms. The van der Waals surface area contributed by atoms with E-state index >= 15 is 0 Å². The number of rotatable bonds is 32. The smallest absolute Gasteiger partial charge is 0.306 e. The van der Waals surface area contributed by atoms with Gasteiger partial charge in [-0.3, -0.25) is 9.36 Å². The molecule has 0 saturated heterocycles. The van der Waals surface area contributed by atoms with Crippen molar-refractivity contribution >= 4 is 13.8 Å². The van der Waals surface area contributed by atoms with Crippen LogP contribution in [-0.4, -0.2) is 70.7 Å². The summed E-state index contributed by atoms with van der Waals surface area (Å²) in [7, 11) is 1.36. The fourth-order valence-electron chi connectivity index (χ4n) is 4.66. The maximum atomic E-state index is 12.3. The van der Waals surface area contributed by atoms with Gasteiger partial charge in [0.15, 0.2) is 0 Å². The van der Waals surface area contributed by atoms with E-state index < -0.39 is 13.9 Å². The molecule has 0 aliphatic rings. The largest absolute Gasteiger partial charge is 0.756 e. The van der Waals surface area contributed by atoms with Crippen molar-refractivity contribution in [3.05, 3.63) is 0 Å². The molecular formula is C33H68NO7P. The van der Waals surface area contributed by atoms with Crippen LogP contribution in [0.1, 0.15) is 149 Å². The van der Waals surface area contributed by atoms with Crippen LogP contribution in [0.15, 0.2) is 0 Å². The van der Waals surface area contributed by atoms with E-state index in [-0.39, 0.29) is 25.8 Å². The van der Waals surface area contributed by atoms with Crippen LogP contribution in [0.2, 0.25) is 0 Å². The number of likely N-dealkylation sites (N-methyl/N-ethyl adjacent to an activating group) is 1. The number of phosphoric ester groups is 1. The summed E-state index contributed by atoms with van der Waals surface area (Å²) in [6, 6.07) is 0. The SMILES string of the molecule is CCCCCCCCCCCCCCCCCCOCC(COP(=O)([O-])OCC[N+](C)(C)C)OC(=O)CCCCCC. The molecule has 2 unspecified atom stereocenters. The summed E-state index contributed by atoms with van der Waals surface area (Å²) in [5.74, 6) is -0.350. The predicted molar refractivity (Wildman–Crippen MR) is 171 cm³/mol. The Hall–Kier alpha value is -0.500. The molecule has 0 rings (SSSR count). The van der Waals surface area contributed by atoms with Crippen molar-refractivity contribution in [2.75, 3.05) is 54.1 Å². The second-order valence-corrected chi connectivity index (χ2v) is 14.3. The molecule has 0 heterocycles. The van der Waals surface area contributed by atoms with Crippen LogP contribution in [0, 0.1) is 0 Å². The van der Waals surface area contributed by atoms with Crippen molar-refractivity contribution in [2.24, 2.45) is 0 Å². The van der Waals surface area contributed by atoms with Crippen molar-refractivity contribution in [3.8, 4) is 0 Å². The quantitative estimate of drug-likeness (QED) is 0.0322. The Morgan fingerprint density at radius 1 is 0.643 bits per heavy atom. The molecule has 0 saturated carbocycles. The minimum Gasteiger partial charge on any atom is -0.756 e. The molecule has 0 aromatic rings. The molecule has 252 valence electrons. The van der Waals surface area contributed by atoms with Crippen LogP contribution in [0.5, 0.6) is 0 Å². The number of carbonyl (C=O) groups excluding carboxylic acids is 1. The average Bonchev–Trinajstić information content (AvgIpc) is 2.92. The Bertz CT molecular complexity index is 657. The highest BCUT2D eigenvalue weighted by atomic mass is 31.2. The molecule has 0 aliphatic heterocycles. The number of nitrogens with zero attached hydrogens (tertiary/aromatic N) is 1. The summed E-state index contributed by atoms with van der Waals surface area (Å²) in [4.78, 5) is 24.5. The van der Waals surface area contributed by atoms with Crippen molar-refractivity contribution in [2.45, 2.75) is 155 Å². The van der Waals surface area contributed by atoms with Gasteiger partial charge in [-0.2, -0.15) is 0 Å². The number of hydrogen-bond donors (Lipinski definition) is 0. The summed E-state index contributed by atoms with van der Waals surface area (Å²) in [5, 5.41) is 0. The number of phosphoric acid groups is 1. The Labute approximate surface area is 259 Å². The number of hydrogen-bond acceptors (Lipinski definition) is 7. The van der Waals surface area contributed by atoms with Gasteiger partial charge in [-0.25, -0.2) is 0 Å².